The molecule has 0 bridgehead atoms. The van der Waals surface area contributed by atoms with E-state index in [1.54, 1.807) is 6.92 Å². The molecule has 1 N–H and O–H groups in total. The standard InChI is InChI=1S/C23H35N3O4/c1-4-13-26(20(5-2)23(29)30-6-3)17-21(27)24-16-18-9-11-19(12-10-18)22(28)25-14-7-8-15-25/h9-12,20H,4-8,13-17H2,1-3H3,(H,24,27). The first kappa shape index (κ1) is 23.9. The fourth-order valence-corrected chi connectivity index (χ4v) is 3.75. The fraction of sp³-hybridized carbons (Fsp3) is 0.609. The number of esters is 1. The van der Waals surface area contributed by atoms with Crippen LogP contribution in [0.1, 0.15) is 62.4 Å². The zero-order chi connectivity index (χ0) is 21.9. The fourth-order valence-electron chi connectivity index (χ4n) is 3.75. The minimum absolute atomic E-state index is 0.0721. The molecule has 7 heteroatoms. The average Bonchev–Trinajstić information content (AvgIpc) is 3.28. The number of nitrogens with one attached hydrogen (secondary N) is 1. The summed E-state index contributed by atoms with van der Waals surface area (Å²) >= 11 is 0. The number of amides is 2. The minimum Gasteiger partial charge on any atom is -0.465 e. The van der Waals surface area contributed by atoms with Crippen LogP contribution in [0.25, 0.3) is 0 Å². The van der Waals surface area contributed by atoms with E-state index in [1.807, 2.05) is 47.9 Å². The molecule has 2 rings (SSSR count). The van der Waals surface area contributed by atoms with Crippen LogP contribution in [-0.2, 0) is 20.9 Å². The van der Waals surface area contributed by atoms with Crippen LogP contribution < -0.4 is 5.32 Å². The monoisotopic (exact) mass is 417 g/mol. The van der Waals surface area contributed by atoms with Crippen LogP contribution >= 0.6 is 0 Å². The van der Waals surface area contributed by atoms with Gasteiger partial charge >= 0.3 is 5.97 Å². The maximum atomic E-state index is 12.5. The molecule has 0 spiro atoms. The summed E-state index contributed by atoms with van der Waals surface area (Å²) < 4.78 is 5.16. The molecule has 0 radical (unpaired) electrons. The number of likely N-dealkylation sites (tertiary alicyclic amines) is 1. The first-order valence-corrected chi connectivity index (χ1v) is 11.1. The number of nitrogens with zero attached hydrogens (tertiary/aromatic N) is 2. The van der Waals surface area contributed by atoms with E-state index in [9.17, 15) is 14.4 Å². The molecular formula is C23H35N3O4. The molecule has 1 aliphatic rings. The zero-order valence-electron chi connectivity index (χ0n) is 18.5. The number of carbonyl (C=O) groups excluding carboxylic acids is 3. The largest absolute Gasteiger partial charge is 0.465 e. The first-order valence-electron chi connectivity index (χ1n) is 11.1. The topological polar surface area (TPSA) is 79.0 Å². The van der Waals surface area contributed by atoms with Gasteiger partial charge in [-0.05, 0) is 56.8 Å². The molecule has 0 aliphatic carbocycles. The summed E-state index contributed by atoms with van der Waals surface area (Å²) in [6.45, 7) is 8.90. The zero-order valence-corrected chi connectivity index (χ0v) is 18.5. The van der Waals surface area contributed by atoms with Gasteiger partial charge in [0.15, 0.2) is 0 Å². The Hall–Kier alpha value is -2.41. The van der Waals surface area contributed by atoms with E-state index >= 15 is 0 Å². The molecule has 0 aromatic heterocycles. The van der Waals surface area contributed by atoms with Crippen LogP contribution in [0.5, 0.6) is 0 Å². The summed E-state index contributed by atoms with van der Waals surface area (Å²) in [7, 11) is 0. The predicted octanol–water partition coefficient (Wildman–Crippen LogP) is 2.59. The van der Waals surface area contributed by atoms with Crippen molar-refractivity contribution in [3.8, 4) is 0 Å². The Morgan fingerprint density at radius 3 is 2.33 bits per heavy atom. The van der Waals surface area contributed by atoms with Gasteiger partial charge in [0.05, 0.1) is 13.2 Å². The predicted molar refractivity (Wildman–Crippen MR) is 116 cm³/mol. The number of hydrogen-bond donors (Lipinski definition) is 1. The van der Waals surface area contributed by atoms with Crippen molar-refractivity contribution in [3.05, 3.63) is 35.4 Å². The molecule has 1 aromatic carbocycles. The van der Waals surface area contributed by atoms with Crippen molar-refractivity contribution >= 4 is 17.8 Å². The van der Waals surface area contributed by atoms with Crippen molar-refractivity contribution in [3.63, 3.8) is 0 Å². The molecule has 1 saturated heterocycles. The van der Waals surface area contributed by atoms with Crippen molar-refractivity contribution in [2.75, 3.05) is 32.8 Å². The molecule has 1 fully saturated rings. The highest BCUT2D eigenvalue weighted by molar-refractivity contribution is 5.94. The summed E-state index contributed by atoms with van der Waals surface area (Å²) in [5.74, 6) is -0.342. The minimum atomic E-state index is -0.411. The summed E-state index contributed by atoms with van der Waals surface area (Å²) in [5.41, 5.74) is 1.61. The lowest BCUT2D eigenvalue weighted by atomic mass is 10.1. The van der Waals surface area contributed by atoms with Crippen molar-refractivity contribution in [1.29, 1.82) is 0 Å². The van der Waals surface area contributed by atoms with Crippen molar-refractivity contribution in [2.45, 2.75) is 59.0 Å². The molecule has 2 amide bonds. The van der Waals surface area contributed by atoms with E-state index < -0.39 is 6.04 Å². The summed E-state index contributed by atoms with van der Waals surface area (Å²) in [6.07, 6.45) is 3.58. The Morgan fingerprint density at radius 1 is 1.10 bits per heavy atom. The second kappa shape index (κ2) is 12.3. The van der Waals surface area contributed by atoms with Crippen LogP contribution in [0.15, 0.2) is 24.3 Å². The Bertz CT molecular complexity index is 699. The van der Waals surface area contributed by atoms with Gasteiger partial charge in [-0.1, -0.05) is 26.0 Å². The second-order valence-electron chi connectivity index (χ2n) is 7.62. The average molecular weight is 418 g/mol. The third-order valence-electron chi connectivity index (χ3n) is 5.33. The van der Waals surface area contributed by atoms with E-state index in [-0.39, 0.29) is 24.3 Å². The van der Waals surface area contributed by atoms with Crippen LogP contribution in [0, 0.1) is 0 Å². The number of ether oxygens (including phenoxy) is 1. The molecule has 166 valence electrons. The van der Waals surface area contributed by atoms with Gasteiger partial charge < -0.3 is 15.0 Å². The number of benzene rings is 1. The lowest BCUT2D eigenvalue weighted by molar-refractivity contribution is -0.150. The lowest BCUT2D eigenvalue weighted by Crippen LogP contribution is -2.47. The highest BCUT2D eigenvalue weighted by atomic mass is 16.5. The molecule has 0 saturated carbocycles. The Kier molecular flexibility index (Phi) is 9.80. The van der Waals surface area contributed by atoms with Gasteiger partial charge in [-0.15, -0.1) is 0 Å². The second-order valence-corrected chi connectivity index (χ2v) is 7.62. The maximum Gasteiger partial charge on any atom is 0.323 e. The van der Waals surface area contributed by atoms with E-state index in [0.717, 1.165) is 37.9 Å². The molecule has 1 atom stereocenters. The third kappa shape index (κ3) is 6.83. The van der Waals surface area contributed by atoms with E-state index in [4.69, 9.17) is 4.74 Å². The molecule has 7 nitrogen and oxygen atoms in total. The van der Waals surface area contributed by atoms with Crippen LogP contribution in [0.4, 0.5) is 0 Å². The molecule has 1 aromatic rings. The highest BCUT2D eigenvalue weighted by Gasteiger charge is 2.26. The van der Waals surface area contributed by atoms with Gasteiger partial charge in [-0.25, -0.2) is 0 Å². The van der Waals surface area contributed by atoms with Crippen LogP contribution in [0.2, 0.25) is 0 Å². The van der Waals surface area contributed by atoms with Gasteiger partial charge in [0.1, 0.15) is 6.04 Å². The van der Waals surface area contributed by atoms with Gasteiger partial charge in [0.2, 0.25) is 5.91 Å². The Balaban J connectivity index is 1.88. The number of rotatable bonds is 11. The van der Waals surface area contributed by atoms with Gasteiger partial charge in [0.25, 0.3) is 5.91 Å². The Morgan fingerprint density at radius 2 is 1.77 bits per heavy atom. The first-order chi connectivity index (χ1) is 14.5. The molecule has 1 heterocycles. The Labute approximate surface area is 179 Å². The molecular weight excluding hydrogens is 382 g/mol. The van der Waals surface area contributed by atoms with Crippen molar-refractivity contribution in [2.24, 2.45) is 0 Å². The van der Waals surface area contributed by atoms with Crippen molar-refractivity contribution in [1.82, 2.24) is 15.1 Å². The summed E-state index contributed by atoms with van der Waals surface area (Å²) in [4.78, 5) is 40.9. The number of hydrogen-bond acceptors (Lipinski definition) is 5. The number of carbonyl (C=O) groups is 3. The van der Waals surface area contributed by atoms with Gasteiger partial charge in [-0.2, -0.15) is 0 Å². The van der Waals surface area contributed by atoms with Crippen LogP contribution in [0.3, 0.4) is 0 Å². The lowest BCUT2D eigenvalue weighted by Gasteiger charge is -2.28. The summed E-state index contributed by atoms with van der Waals surface area (Å²) in [6, 6.07) is 6.98. The molecule has 30 heavy (non-hydrogen) atoms. The van der Waals surface area contributed by atoms with Crippen molar-refractivity contribution < 1.29 is 19.1 Å². The van der Waals surface area contributed by atoms with E-state index in [1.165, 1.54) is 0 Å². The smallest absolute Gasteiger partial charge is 0.323 e. The third-order valence-corrected chi connectivity index (χ3v) is 5.33. The maximum absolute atomic E-state index is 12.5. The SMILES string of the molecule is CCCN(CC(=O)NCc1ccc(C(=O)N2CCCC2)cc1)C(CC)C(=O)OCC. The highest BCUT2D eigenvalue weighted by Crippen LogP contribution is 2.14. The summed E-state index contributed by atoms with van der Waals surface area (Å²) in [5, 5.41) is 2.91. The quantitative estimate of drug-likeness (QED) is 0.560. The van der Waals surface area contributed by atoms with E-state index in [2.05, 4.69) is 5.32 Å². The molecule has 1 unspecified atom stereocenters. The normalized spacial score (nSPS) is 14.6. The van der Waals surface area contributed by atoms with Crippen LogP contribution in [-0.4, -0.2) is 66.4 Å². The molecule has 1 aliphatic heterocycles. The van der Waals surface area contributed by atoms with Gasteiger partial charge in [-0.3, -0.25) is 19.3 Å². The van der Waals surface area contributed by atoms with E-state index in [0.29, 0.717) is 31.7 Å². The van der Waals surface area contributed by atoms with Gasteiger partial charge in [0, 0.05) is 25.2 Å².